The Kier molecular flexibility index (Phi) is 6.79. The SMILES string of the molecule is O=C(CN1CCN(c2ccccc2F)CC1)N1N=C(c2ccc(F)cc2)CC1c1ccccc1Cl. The Morgan fingerprint density at radius 2 is 1.60 bits per heavy atom. The topological polar surface area (TPSA) is 39.2 Å². The summed E-state index contributed by atoms with van der Waals surface area (Å²) < 4.78 is 27.6. The van der Waals surface area contributed by atoms with Crippen LogP contribution in [0.5, 0.6) is 0 Å². The summed E-state index contributed by atoms with van der Waals surface area (Å²) in [6, 6.07) is 20.0. The molecule has 0 aromatic heterocycles. The van der Waals surface area contributed by atoms with Crippen LogP contribution >= 0.6 is 11.6 Å². The van der Waals surface area contributed by atoms with Gasteiger partial charge in [0.15, 0.2) is 0 Å². The smallest absolute Gasteiger partial charge is 0.257 e. The molecule has 8 heteroatoms. The molecular weight excluding hydrogens is 470 g/mol. The highest BCUT2D eigenvalue weighted by Gasteiger charge is 2.35. The van der Waals surface area contributed by atoms with Crippen molar-refractivity contribution in [1.29, 1.82) is 0 Å². The zero-order valence-electron chi connectivity index (χ0n) is 19.1. The van der Waals surface area contributed by atoms with Crippen molar-refractivity contribution in [2.24, 2.45) is 5.10 Å². The normalized spacial score (nSPS) is 18.6. The van der Waals surface area contributed by atoms with E-state index in [1.807, 2.05) is 29.2 Å². The van der Waals surface area contributed by atoms with Gasteiger partial charge in [-0.1, -0.05) is 54.1 Å². The van der Waals surface area contributed by atoms with E-state index in [9.17, 15) is 13.6 Å². The molecule has 35 heavy (non-hydrogen) atoms. The van der Waals surface area contributed by atoms with Crippen LogP contribution in [-0.4, -0.2) is 54.3 Å². The number of hydrazone groups is 1. The molecule has 0 saturated carbocycles. The molecule has 1 saturated heterocycles. The van der Waals surface area contributed by atoms with E-state index in [0.29, 0.717) is 49.0 Å². The van der Waals surface area contributed by atoms with Gasteiger partial charge in [-0.3, -0.25) is 9.69 Å². The molecule has 1 atom stereocenters. The molecule has 1 amide bonds. The number of hydrogen-bond acceptors (Lipinski definition) is 4. The van der Waals surface area contributed by atoms with Crippen molar-refractivity contribution in [3.05, 3.63) is 101 Å². The maximum absolute atomic E-state index is 14.2. The lowest BCUT2D eigenvalue weighted by atomic mass is 9.98. The number of hydrogen-bond donors (Lipinski definition) is 0. The summed E-state index contributed by atoms with van der Waals surface area (Å²) in [7, 11) is 0. The van der Waals surface area contributed by atoms with Gasteiger partial charge in [-0.25, -0.2) is 13.8 Å². The van der Waals surface area contributed by atoms with Gasteiger partial charge < -0.3 is 4.90 Å². The molecule has 3 aromatic rings. The van der Waals surface area contributed by atoms with Gasteiger partial charge in [-0.2, -0.15) is 5.10 Å². The second kappa shape index (κ2) is 10.1. The Morgan fingerprint density at radius 1 is 0.914 bits per heavy atom. The third kappa shape index (κ3) is 5.06. The molecule has 5 rings (SSSR count). The van der Waals surface area contributed by atoms with Gasteiger partial charge >= 0.3 is 0 Å². The highest BCUT2D eigenvalue weighted by molar-refractivity contribution is 6.31. The number of carbonyl (C=O) groups is 1. The molecule has 3 aromatic carbocycles. The first-order valence-electron chi connectivity index (χ1n) is 11.6. The molecule has 2 heterocycles. The van der Waals surface area contributed by atoms with E-state index < -0.39 is 0 Å². The quantitative estimate of drug-likeness (QED) is 0.494. The molecule has 0 spiro atoms. The van der Waals surface area contributed by atoms with Gasteiger partial charge in [0.05, 0.1) is 24.0 Å². The first-order valence-corrected chi connectivity index (χ1v) is 12.0. The highest BCUT2D eigenvalue weighted by atomic mass is 35.5. The van der Waals surface area contributed by atoms with Crippen LogP contribution in [0.15, 0.2) is 77.9 Å². The first kappa shape index (κ1) is 23.5. The molecule has 1 fully saturated rings. The number of benzene rings is 3. The highest BCUT2D eigenvalue weighted by Crippen LogP contribution is 2.36. The fourth-order valence-corrected chi connectivity index (χ4v) is 4.93. The molecule has 1 unspecified atom stereocenters. The van der Waals surface area contributed by atoms with E-state index in [-0.39, 0.29) is 30.1 Å². The minimum atomic E-state index is -0.337. The predicted molar refractivity (Wildman–Crippen MR) is 134 cm³/mol. The van der Waals surface area contributed by atoms with Crippen LogP contribution in [0.25, 0.3) is 0 Å². The first-order chi connectivity index (χ1) is 17.0. The molecule has 0 bridgehead atoms. The molecule has 180 valence electrons. The Hall–Kier alpha value is -3.29. The number of piperazine rings is 1. The molecule has 0 aliphatic carbocycles. The van der Waals surface area contributed by atoms with E-state index in [1.54, 1.807) is 30.3 Å². The Morgan fingerprint density at radius 3 is 2.31 bits per heavy atom. The van der Waals surface area contributed by atoms with Crippen molar-refractivity contribution in [3.8, 4) is 0 Å². The number of rotatable bonds is 5. The fraction of sp³-hybridized carbons (Fsp3) is 0.259. The van der Waals surface area contributed by atoms with Crippen LogP contribution < -0.4 is 4.90 Å². The summed E-state index contributed by atoms with van der Waals surface area (Å²) >= 11 is 6.48. The summed E-state index contributed by atoms with van der Waals surface area (Å²) in [6.45, 7) is 2.74. The third-order valence-corrected chi connectivity index (χ3v) is 6.88. The van der Waals surface area contributed by atoms with E-state index in [0.717, 1.165) is 11.1 Å². The van der Waals surface area contributed by atoms with Gasteiger partial charge in [0.1, 0.15) is 11.6 Å². The van der Waals surface area contributed by atoms with Gasteiger partial charge in [-0.15, -0.1) is 0 Å². The Balaban J connectivity index is 1.32. The van der Waals surface area contributed by atoms with E-state index in [1.165, 1.54) is 23.2 Å². The molecule has 2 aliphatic heterocycles. The second-order valence-corrected chi connectivity index (χ2v) is 9.16. The van der Waals surface area contributed by atoms with Gasteiger partial charge in [0.2, 0.25) is 0 Å². The van der Waals surface area contributed by atoms with E-state index in [2.05, 4.69) is 10.0 Å². The molecule has 5 nitrogen and oxygen atoms in total. The monoisotopic (exact) mass is 494 g/mol. The Labute approximate surface area is 208 Å². The van der Waals surface area contributed by atoms with Crippen molar-refractivity contribution in [3.63, 3.8) is 0 Å². The van der Waals surface area contributed by atoms with Crippen LogP contribution in [0.1, 0.15) is 23.6 Å². The third-order valence-electron chi connectivity index (χ3n) is 6.53. The standard InChI is InChI=1S/C27H25ClF2N4O/c28-22-6-2-1-5-21(22)26-17-24(19-9-11-20(29)12-10-19)31-34(26)27(35)18-32-13-15-33(16-14-32)25-8-4-3-7-23(25)30/h1-12,26H,13-18H2. The lowest BCUT2D eigenvalue weighted by Crippen LogP contribution is -2.49. The molecule has 2 aliphatic rings. The van der Waals surface area contributed by atoms with Gasteiger partial charge in [0.25, 0.3) is 5.91 Å². The zero-order valence-corrected chi connectivity index (χ0v) is 19.8. The predicted octanol–water partition coefficient (Wildman–Crippen LogP) is 5.12. The maximum atomic E-state index is 14.2. The Bertz CT molecular complexity index is 1240. The fourth-order valence-electron chi connectivity index (χ4n) is 4.66. The summed E-state index contributed by atoms with van der Waals surface area (Å²) in [5.41, 5.74) is 2.91. The lowest BCUT2D eigenvalue weighted by Gasteiger charge is -2.36. The minimum Gasteiger partial charge on any atom is -0.367 e. The average Bonchev–Trinajstić information content (AvgIpc) is 3.31. The van der Waals surface area contributed by atoms with E-state index in [4.69, 9.17) is 11.6 Å². The number of anilines is 1. The summed E-state index contributed by atoms with van der Waals surface area (Å²) in [5, 5.41) is 6.75. The largest absolute Gasteiger partial charge is 0.367 e. The number of nitrogens with zero attached hydrogens (tertiary/aromatic N) is 4. The number of amides is 1. The van der Waals surface area contributed by atoms with Crippen molar-refractivity contribution in [1.82, 2.24) is 9.91 Å². The zero-order chi connectivity index (χ0) is 24.4. The van der Waals surface area contributed by atoms with Crippen LogP contribution in [0.4, 0.5) is 14.5 Å². The number of halogens is 3. The van der Waals surface area contributed by atoms with Crippen molar-refractivity contribution in [2.45, 2.75) is 12.5 Å². The van der Waals surface area contributed by atoms with Gasteiger partial charge in [0, 0.05) is 37.6 Å². The second-order valence-electron chi connectivity index (χ2n) is 8.75. The lowest BCUT2D eigenvalue weighted by molar-refractivity contribution is -0.134. The maximum Gasteiger partial charge on any atom is 0.257 e. The van der Waals surface area contributed by atoms with Crippen LogP contribution in [0.2, 0.25) is 5.02 Å². The van der Waals surface area contributed by atoms with Crippen molar-refractivity contribution < 1.29 is 13.6 Å². The number of carbonyl (C=O) groups excluding carboxylic acids is 1. The summed E-state index contributed by atoms with van der Waals surface area (Å²) in [4.78, 5) is 17.5. The van der Waals surface area contributed by atoms with Crippen LogP contribution in [0.3, 0.4) is 0 Å². The molecule has 0 N–H and O–H groups in total. The minimum absolute atomic E-state index is 0.133. The summed E-state index contributed by atoms with van der Waals surface area (Å²) in [6.07, 6.45) is 0.488. The van der Waals surface area contributed by atoms with Crippen molar-refractivity contribution in [2.75, 3.05) is 37.6 Å². The van der Waals surface area contributed by atoms with Gasteiger partial charge in [-0.05, 0) is 41.5 Å². The van der Waals surface area contributed by atoms with Crippen LogP contribution in [0, 0.1) is 11.6 Å². The average molecular weight is 495 g/mol. The molecule has 0 radical (unpaired) electrons. The van der Waals surface area contributed by atoms with Crippen LogP contribution in [-0.2, 0) is 4.79 Å². The summed E-state index contributed by atoms with van der Waals surface area (Å²) in [5.74, 6) is -0.692. The molecular formula is C27H25ClF2N4O. The number of para-hydroxylation sites is 1. The van der Waals surface area contributed by atoms with E-state index >= 15 is 0 Å². The van der Waals surface area contributed by atoms with Crippen molar-refractivity contribution >= 4 is 28.9 Å².